The summed E-state index contributed by atoms with van der Waals surface area (Å²) in [6.45, 7) is 2.64. The molecule has 2 heteroatoms. The second-order valence-electron chi connectivity index (χ2n) is 4.56. The quantitative estimate of drug-likeness (QED) is 0.698. The molecule has 1 saturated heterocycles. The maximum Gasteiger partial charge on any atom is 0.0192 e. The number of hydrogen-bond donors (Lipinski definition) is 1. The molecule has 0 amide bonds. The van der Waals surface area contributed by atoms with Gasteiger partial charge < -0.3 is 5.32 Å². The first-order valence-electron chi connectivity index (χ1n) is 5.81. The lowest BCUT2D eigenvalue weighted by molar-refractivity contribution is 0.141. The average molecular weight is 182 g/mol. The highest BCUT2D eigenvalue weighted by atomic mass is 15.2. The zero-order chi connectivity index (χ0) is 9.10. The van der Waals surface area contributed by atoms with E-state index >= 15 is 0 Å². The van der Waals surface area contributed by atoms with Crippen LogP contribution in [0.1, 0.15) is 38.5 Å². The molecular weight excluding hydrogens is 160 g/mol. The molecule has 2 fully saturated rings. The van der Waals surface area contributed by atoms with Crippen molar-refractivity contribution in [1.82, 2.24) is 10.2 Å². The minimum Gasteiger partial charge on any atom is -0.316 e. The van der Waals surface area contributed by atoms with Crippen LogP contribution in [-0.4, -0.2) is 37.1 Å². The highest BCUT2D eigenvalue weighted by molar-refractivity contribution is 4.84. The van der Waals surface area contributed by atoms with Crippen molar-refractivity contribution < 1.29 is 0 Å². The molecule has 1 atom stereocenters. The van der Waals surface area contributed by atoms with Crippen molar-refractivity contribution in [1.29, 1.82) is 0 Å². The number of likely N-dealkylation sites (N-methyl/N-ethyl adjacent to an activating group) is 1. The van der Waals surface area contributed by atoms with Gasteiger partial charge in [0.05, 0.1) is 0 Å². The van der Waals surface area contributed by atoms with Crippen molar-refractivity contribution >= 4 is 0 Å². The molecule has 13 heavy (non-hydrogen) atoms. The van der Waals surface area contributed by atoms with Crippen molar-refractivity contribution in [2.75, 3.05) is 20.1 Å². The first-order chi connectivity index (χ1) is 6.40. The van der Waals surface area contributed by atoms with Crippen LogP contribution >= 0.6 is 0 Å². The zero-order valence-electron chi connectivity index (χ0n) is 8.76. The Bertz CT molecular complexity index is 152. The Balaban J connectivity index is 1.84. The fraction of sp³-hybridized carbons (Fsp3) is 1.00. The minimum absolute atomic E-state index is 0.759. The highest BCUT2D eigenvalue weighted by Crippen LogP contribution is 2.25. The second-order valence-corrected chi connectivity index (χ2v) is 4.56. The number of rotatable bonds is 2. The van der Waals surface area contributed by atoms with E-state index in [1.165, 1.54) is 51.6 Å². The Morgan fingerprint density at radius 3 is 2.54 bits per heavy atom. The van der Waals surface area contributed by atoms with Crippen LogP contribution in [0.15, 0.2) is 0 Å². The maximum atomic E-state index is 3.42. The molecule has 1 aliphatic heterocycles. The molecule has 0 aromatic rings. The Labute approximate surface area is 81.7 Å². The first kappa shape index (κ1) is 9.47. The van der Waals surface area contributed by atoms with Gasteiger partial charge >= 0.3 is 0 Å². The molecule has 2 rings (SSSR count). The van der Waals surface area contributed by atoms with Gasteiger partial charge in [-0.15, -0.1) is 0 Å². The molecule has 1 N–H and O–H groups in total. The van der Waals surface area contributed by atoms with E-state index in [9.17, 15) is 0 Å². The van der Waals surface area contributed by atoms with Crippen LogP contribution in [0, 0.1) is 0 Å². The van der Waals surface area contributed by atoms with Crippen molar-refractivity contribution in [2.45, 2.75) is 50.6 Å². The van der Waals surface area contributed by atoms with Crippen LogP contribution in [0.25, 0.3) is 0 Å². The highest BCUT2D eigenvalue weighted by Gasteiger charge is 2.26. The lowest BCUT2D eigenvalue weighted by atomic mass is 10.0. The molecule has 0 spiro atoms. The van der Waals surface area contributed by atoms with Gasteiger partial charge in [0, 0.05) is 18.6 Å². The Morgan fingerprint density at radius 1 is 1.08 bits per heavy atom. The summed E-state index contributed by atoms with van der Waals surface area (Å²) < 4.78 is 0. The van der Waals surface area contributed by atoms with Crippen molar-refractivity contribution in [2.24, 2.45) is 0 Å². The molecule has 1 heterocycles. The first-order valence-corrected chi connectivity index (χ1v) is 5.81. The fourth-order valence-corrected chi connectivity index (χ4v) is 2.84. The van der Waals surface area contributed by atoms with E-state index in [0.29, 0.717) is 0 Å². The molecule has 2 nitrogen and oxygen atoms in total. The van der Waals surface area contributed by atoms with E-state index < -0.39 is 0 Å². The van der Waals surface area contributed by atoms with Crippen molar-refractivity contribution in [3.63, 3.8) is 0 Å². The number of piperidine rings is 1. The molecule has 1 saturated carbocycles. The predicted molar refractivity (Wildman–Crippen MR) is 55.9 cm³/mol. The standard InChI is InChI=1S/C11H22N2/c1-12-10-5-4-8-13(9-10)11-6-2-3-7-11/h10-12H,2-9H2,1H3. The molecule has 0 bridgehead atoms. The molecular formula is C11H22N2. The number of nitrogens with one attached hydrogen (secondary N) is 1. The molecule has 0 aromatic carbocycles. The Morgan fingerprint density at radius 2 is 1.85 bits per heavy atom. The molecule has 2 aliphatic rings. The van der Waals surface area contributed by atoms with Crippen LogP contribution in [0.5, 0.6) is 0 Å². The average Bonchev–Trinajstić information content (AvgIpc) is 2.71. The third-order valence-corrected chi connectivity index (χ3v) is 3.70. The maximum absolute atomic E-state index is 3.42. The summed E-state index contributed by atoms with van der Waals surface area (Å²) in [6, 6.07) is 1.69. The summed E-state index contributed by atoms with van der Waals surface area (Å²) in [4.78, 5) is 2.72. The van der Waals surface area contributed by atoms with Gasteiger partial charge in [-0.3, -0.25) is 4.90 Å². The molecule has 0 aromatic heterocycles. The van der Waals surface area contributed by atoms with Gasteiger partial charge in [-0.1, -0.05) is 12.8 Å². The summed E-state index contributed by atoms with van der Waals surface area (Å²) in [7, 11) is 2.10. The van der Waals surface area contributed by atoms with Crippen LogP contribution < -0.4 is 5.32 Å². The van der Waals surface area contributed by atoms with E-state index in [1.807, 2.05) is 0 Å². The largest absolute Gasteiger partial charge is 0.316 e. The molecule has 76 valence electrons. The lowest BCUT2D eigenvalue weighted by Crippen LogP contribution is -2.47. The number of nitrogens with zero attached hydrogens (tertiary/aromatic N) is 1. The Kier molecular flexibility index (Phi) is 3.23. The van der Waals surface area contributed by atoms with E-state index in [4.69, 9.17) is 0 Å². The topological polar surface area (TPSA) is 15.3 Å². The Hall–Kier alpha value is -0.0800. The zero-order valence-corrected chi connectivity index (χ0v) is 8.76. The predicted octanol–water partition coefficient (Wildman–Crippen LogP) is 1.61. The fourth-order valence-electron chi connectivity index (χ4n) is 2.84. The molecule has 1 unspecified atom stereocenters. The number of likely N-dealkylation sites (tertiary alicyclic amines) is 1. The van der Waals surface area contributed by atoms with Gasteiger partial charge in [-0.2, -0.15) is 0 Å². The summed E-state index contributed by atoms with van der Waals surface area (Å²) in [6.07, 6.45) is 8.60. The van der Waals surface area contributed by atoms with Gasteiger partial charge in [0.15, 0.2) is 0 Å². The third-order valence-electron chi connectivity index (χ3n) is 3.70. The van der Waals surface area contributed by atoms with Crippen LogP contribution in [0.4, 0.5) is 0 Å². The monoisotopic (exact) mass is 182 g/mol. The van der Waals surface area contributed by atoms with E-state index in [2.05, 4.69) is 17.3 Å². The lowest BCUT2D eigenvalue weighted by Gasteiger charge is -2.36. The van der Waals surface area contributed by atoms with Crippen LogP contribution in [0.2, 0.25) is 0 Å². The van der Waals surface area contributed by atoms with Gasteiger partial charge in [0.2, 0.25) is 0 Å². The minimum atomic E-state index is 0.759. The van der Waals surface area contributed by atoms with Gasteiger partial charge in [-0.25, -0.2) is 0 Å². The SMILES string of the molecule is CNC1CCCN(C2CCCC2)C1. The van der Waals surface area contributed by atoms with Gasteiger partial charge in [0.1, 0.15) is 0 Å². The van der Waals surface area contributed by atoms with Gasteiger partial charge in [0.25, 0.3) is 0 Å². The van der Waals surface area contributed by atoms with Crippen LogP contribution in [-0.2, 0) is 0 Å². The van der Waals surface area contributed by atoms with Gasteiger partial charge in [-0.05, 0) is 39.3 Å². The summed E-state index contributed by atoms with van der Waals surface area (Å²) in [5, 5.41) is 3.42. The van der Waals surface area contributed by atoms with E-state index in [-0.39, 0.29) is 0 Å². The smallest absolute Gasteiger partial charge is 0.0192 e. The van der Waals surface area contributed by atoms with E-state index in [0.717, 1.165) is 12.1 Å². The third kappa shape index (κ3) is 2.23. The summed E-state index contributed by atoms with van der Waals surface area (Å²) in [5.41, 5.74) is 0. The molecule has 0 radical (unpaired) electrons. The summed E-state index contributed by atoms with van der Waals surface area (Å²) in [5.74, 6) is 0. The van der Waals surface area contributed by atoms with E-state index in [1.54, 1.807) is 0 Å². The van der Waals surface area contributed by atoms with Crippen LogP contribution in [0.3, 0.4) is 0 Å². The van der Waals surface area contributed by atoms with Crippen molar-refractivity contribution in [3.8, 4) is 0 Å². The normalized spacial score (nSPS) is 32.5. The summed E-state index contributed by atoms with van der Waals surface area (Å²) >= 11 is 0. The number of hydrogen-bond acceptors (Lipinski definition) is 2. The molecule has 1 aliphatic carbocycles. The van der Waals surface area contributed by atoms with Crippen molar-refractivity contribution in [3.05, 3.63) is 0 Å². The second kappa shape index (κ2) is 4.43.